The molecule has 1 N–H and O–H groups in total. The van der Waals surface area contributed by atoms with Crippen LogP contribution >= 0.6 is 11.6 Å². The first-order valence-corrected chi connectivity index (χ1v) is 4.96. The molecule has 1 rings (SSSR count). The maximum Gasteiger partial charge on any atom is 0.133 e. The summed E-state index contributed by atoms with van der Waals surface area (Å²) in [6.07, 6.45) is 1.69. The molecule has 0 saturated carbocycles. The molecule has 14 heavy (non-hydrogen) atoms. The largest absolute Gasteiger partial charge is 0.383 e. The molecule has 4 heteroatoms. The maximum atomic E-state index is 5.95. The number of pyridine rings is 1. The molecule has 1 heterocycles. The molecule has 1 aromatic rings. The molecule has 3 nitrogen and oxygen atoms in total. The zero-order chi connectivity index (χ0) is 10.4. The van der Waals surface area contributed by atoms with Crippen LogP contribution in [0.3, 0.4) is 0 Å². The van der Waals surface area contributed by atoms with Gasteiger partial charge < -0.3 is 10.1 Å². The summed E-state index contributed by atoms with van der Waals surface area (Å²) in [5.41, 5.74) is 1.02. The number of hydrogen-bond donors (Lipinski definition) is 1. The first kappa shape index (κ1) is 11.4. The van der Waals surface area contributed by atoms with Gasteiger partial charge in [-0.05, 0) is 13.0 Å². The summed E-state index contributed by atoms with van der Waals surface area (Å²) >= 11 is 5.95. The number of nitrogens with one attached hydrogen (secondary N) is 1. The van der Waals surface area contributed by atoms with E-state index in [9.17, 15) is 0 Å². The van der Waals surface area contributed by atoms with Crippen molar-refractivity contribution in [1.29, 1.82) is 0 Å². The lowest BCUT2D eigenvalue weighted by molar-refractivity contribution is 0.196. The standard InChI is InChI=1S/C10H15ClN2O/c1-8(12-6-7-14-2)9-4-3-5-13-10(9)11/h3-5,8,12H,6-7H2,1-2H3. The number of methoxy groups -OCH3 is 1. The van der Waals surface area contributed by atoms with Crippen molar-refractivity contribution < 1.29 is 4.74 Å². The second-order valence-electron chi connectivity index (χ2n) is 3.05. The van der Waals surface area contributed by atoms with Gasteiger partial charge in [0.15, 0.2) is 0 Å². The number of nitrogens with zero attached hydrogens (tertiary/aromatic N) is 1. The Balaban J connectivity index is 2.51. The monoisotopic (exact) mass is 214 g/mol. The molecule has 0 aliphatic rings. The van der Waals surface area contributed by atoms with Gasteiger partial charge in [-0.1, -0.05) is 17.7 Å². The fourth-order valence-electron chi connectivity index (χ4n) is 1.21. The van der Waals surface area contributed by atoms with Crippen LogP contribution in [-0.4, -0.2) is 25.2 Å². The minimum absolute atomic E-state index is 0.200. The Kier molecular flexibility index (Phi) is 4.87. The number of halogens is 1. The zero-order valence-electron chi connectivity index (χ0n) is 8.46. The van der Waals surface area contributed by atoms with E-state index < -0.39 is 0 Å². The normalized spacial score (nSPS) is 12.8. The molecule has 0 fully saturated rings. The highest BCUT2D eigenvalue weighted by molar-refractivity contribution is 6.30. The summed E-state index contributed by atoms with van der Waals surface area (Å²) in [5.74, 6) is 0. The molecule has 0 aliphatic heterocycles. The smallest absolute Gasteiger partial charge is 0.133 e. The molecule has 0 spiro atoms. The molecule has 1 unspecified atom stereocenters. The average molecular weight is 215 g/mol. The van der Waals surface area contributed by atoms with E-state index in [0.717, 1.165) is 12.1 Å². The number of aromatic nitrogens is 1. The van der Waals surface area contributed by atoms with E-state index in [2.05, 4.69) is 17.2 Å². The van der Waals surface area contributed by atoms with E-state index in [-0.39, 0.29) is 6.04 Å². The summed E-state index contributed by atoms with van der Waals surface area (Å²) in [7, 11) is 1.68. The Morgan fingerprint density at radius 3 is 3.07 bits per heavy atom. The van der Waals surface area contributed by atoms with Crippen molar-refractivity contribution in [1.82, 2.24) is 10.3 Å². The van der Waals surface area contributed by atoms with Crippen LogP contribution in [0.15, 0.2) is 18.3 Å². The Hall–Kier alpha value is -0.640. The number of ether oxygens (including phenoxy) is 1. The Labute approximate surface area is 89.4 Å². The minimum Gasteiger partial charge on any atom is -0.383 e. The van der Waals surface area contributed by atoms with Crippen LogP contribution in [0, 0.1) is 0 Å². The molecule has 0 radical (unpaired) electrons. The topological polar surface area (TPSA) is 34.1 Å². The lowest BCUT2D eigenvalue weighted by Crippen LogP contribution is -2.23. The third kappa shape index (κ3) is 3.25. The fraction of sp³-hybridized carbons (Fsp3) is 0.500. The summed E-state index contributed by atoms with van der Waals surface area (Å²) in [4.78, 5) is 4.02. The van der Waals surface area contributed by atoms with E-state index >= 15 is 0 Å². The van der Waals surface area contributed by atoms with Gasteiger partial charge in [-0.2, -0.15) is 0 Å². The lowest BCUT2D eigenvalue weighted by Gasteiger charge is -2.14. The second-order valence-corrected chi connectivity index (χ2v) is 3.41. The van der Waals surface area contributed by atoms with Crippen molar-refractivity contribution >= 4 is 11.6 Å². The van der Waals surface area contributed by atoms with Gasteiger partial charge in [0.2, 0.25) is 0 Å². The SMILES string of the molecule is COCCNC(C)c1cccnc1Cl. The molecular formula is C10H15ClN2O. The van der Waals surface area contributed by atoms with Gasteiger partial charge in [-0.3, -0.25) is 0 Å². The van der Waals surface area contributed by atoms with Crippen LogP contribution < -0.4 is 5.32 Å². The summed E-state index contributed by atoms with van der Waals surface area (Å²) in [6, 6.07) is 4.06. The van der Waals surface area contributed by atoms with E-state index in [1.54, 1.807) is 13.3 Å². The van der Waals surface area contributed by atoms with E-state index in [1.165, 1.54) is 0 Å². The predicted octanol–water partition coefficient (Wildman–Crippen LogP) is 2.03. The van der Waals surface area contributed by atoms with Crippen LogP contribution in [0.1, 0.15) is 18.5 Å². The van der Waals surface area contributed by atoms with Crippen molar-refractivity contribution in [2.24, 2.45) is 0 Å². The van der Waals surface area contributed by atoms with Crippen molar-refractivity contribution in [3.63, 3.8) is 0 Å². The van der Waals surface area contributed by atoms with E-state index in [1.807, 2.05) is 12.1 Å². The van der Waals surface area contributed by atoms with E-state index in [0.29, 0.717) is 11.8 Å². The first-order valence-electron chi connectivity index (χ1n) is 4.58. The number of hydrogen-bond acceptors (Lipinski definition) is 3. The van der Waals surface area contributed by atoms with E-state index in [4.69, 9.17) is 16.3 Å². The third-order valence-corrected chi connectivity index (χ3v) is 2.33. The quantitative estimate of drug-likeness (QED) is 0.602. The van der Waals surface area contributed by atoms with Crippen molar-refractivity contribution in [2.75, 3.05) is 20.3 Å². The molecule has 0 saturated heterocycles. The molecule has 78 valence electrons. The Morgan fingerprint density at radius 2 is 2.43 bits per heavy atom. The molecule has 0 aromatic carbocycles. The van der Waals surface area contributed by atoms with Crippen LogP contribution in [0.5, 0.6) is 0 Å². The zero-order valence-corrected chi connectivity index (χ0v) is 9.21. The average Bonchev–Trinajstić information content (AvgIpc) is 2.18. The molecule has 0 aliphatic carbocycles. The molecular weight excluding hydrogens is 200 g/mol. The van der Waals surface area contributed by atoms with Gasteiger partial charge in [0.1, 0.15) is 5.15 Å². The number of rotatable bonds is 5. The first-order chi connectivity index (χ1) is 6.75. The second kappa shape index (κ2) is 5.96. The Bertz CT molecular complexity index is 281. The highest BCUT2D eigenvalue weighted by Crippen LogP contribution is 2.19. The predicted molar refractivity (Wildman–Crippen MR) is 57.5 cm³/mol. The lowest BCUT2D eigenvalue weighted by atomic mass is 10.1. The highest BCUT2D eigenvalue weighted by Gasteiger charge is 2.08. The van der Waals surface area contributed by atoms with Crippen molar-refractivity contribution in [3.05, 3.63) is 29.0 Å². The molecule has 1 atom stereocenters. The van der Waals surface area contributed by atoms with Gasteiger partial charge in [0.25, 0.3) is 0 Å². The van der Waals surface area contributed by atoms with Crippen molar-refractivity contribution in [2.45, 2.75) is 13.0 Å². The summed E-state index contributed by atoms with van der Waals surface area (Å²) < 4.78 is 4.95. The van der Waals surface area contributed by atoms with Gasteiger partial charge in [-0.15, -0.1) is 0 Å². The van der Waals surface area contributed by atoms with Crippen LogP contribution in [-0.2, 0) is 4.74 Å². The fourth-order valence-corrected chi connectivity index (χ4v) is 1.49. The minimum atomic E-state index is 0.200. The summed E-state index contributed by atoms with van der Waals surface area (Å²) in [5, 5.41) is 3.85. The van der Waals surface area contributed by atoms with Gasteiger partial charge in [-0.25, -0.2) is 4.98 Å². The van der Waals surface area contributed by atoms with Gasteiger partial charge >= 0.3 is 0 Å². The molecule has 1 aromatic heterocycles. The van der Waals surface area contributed by atoms with Crippen LogP contribution in [0.2, 0.25) is 5.15 Å². The maximum absolute atomic E-state index is 5.95. The van der Waals surface area contributed by atoms with Gasteiger partial charge in [0, 0.05) is 31.5 Å². The molecule has 0 amide bonds. The van der Waals surface area contributed by atoms with Crippen LogP contribution in [0.4, 0.5) is 0 Å². The van der Waals surface area contributed by atoms with Crippen LogP contribution in [0.25, 0.3) is 0 Å². The Morgan fingerprint density at radius 1 is 1.64 bits per heavy atom. The highest BCUT2D eigenvalue weighted by atomic mass is 35.5. The third-order valence-electron chi connectivity index (χ3n) is 2.01. The summed E-state index contributed by atoms with van der Waals surface area (Å²) in [6.45, 7) is 3.56. The van der Waals surface area contributed by atoms with Crippen molar-refractivity contribution in [3.8, 4) is 0 Å². The van der Waals surface area contributed by atoms with Gasteiger partial charge in [0.05, 0.1) is 6.61 Å². The molecule has 0 bridgehead atoms.